The Labute approximate surface area is 123 Å². The van der Waals surface area contributed by atoms with Gasteiger partial charge in [0.05, 0.1) is 10.5 Å². The molecule has 1 heterocycles. The van der Waals surface area contributed by atoms with Crippen molar-refractivity contribution in [3.05, 3.63) is 0 Å². The van der Waals surface area contributed by atoms with Gasteiger partial charge in [-0.2, -0.15) is 0 Å². The van der Waals surface area contributed by atoms with Crippen LogP contribution in [-0.2, 0) is 9.84 Å². The minimum Gasteiger partial charge on any atom is -0.355 e. The van der Waals surface area contributed by atoms with Crippen LogP contribution in [0.2, 0.25) is 0 Å². The third-order valence-corrected chi connectivity index (χ3v) is 6.49. The number of nitrogens with zero attached hydrogens (tertiary/aromatic N) is 2. The van der Waals surface area contributed by atoms with Crippen LogP contribution in [-0.4, -0.2) is 56.5 Å². The molecule has 0 radical (unpaired) electrons. The smallest absolute Gasteiger partial charge is 0.193 e. The summed E-state index contributed by atoms with van der Waals surface area (Å²) in [6.45, 7) is 9.89. The first-order valence-corrected chi connectivity index (χ1v) is 9.00. The van der Waals surface area contributed by atoms with Gasteiger partial charge in [0.2, 0.25) is 0 Å². The average molecular weight is 303 g/mol. The first kappa shape index (κ1) is 17.3. The Morgan fingerprint density at radius 1 is 1.30 bits per heavy atom. The number of guanidine groups is 1. The molecule has 5 nitrogen and oxygen atoms in total. The summed E-state index contributed by atoms with van der Waals surface area (Å²) in [7, 11) is -1.33. The Hall–Kier alpha value is -0.780. The van der Waals surface area contributed by atoms with Gasteiger partial charge < -0.3 is 10.2 Å². The molecule has 0 saturated carbocycles. The lowest BCUT2D eigenvalue weighted by molar-refractivity contribution is 0.274. The first-order chi connectivity index (χ1) is 9.17. The number of rotatable bonds is 3. The van der Waals surface area contributed by atoms with E-state index in [9.17, 15) is 8.42 Å². The maximum Gasteiger partial charge on any atom is 0.193 e. The van der Waals surface area contributed by atoms with Crippen molar-refractivity contribution in [3.63, 3.8) is 0 Å². The van der Waals surface area contributed by atoms with E-state index in [1.165, 1.54) is 12.8 Å². The standard InChI is InChI=1S/C14H29N3O2S/c1-12-6-9-17(10-7-12)13(15-5)16-8-11-20(18,19)14(2,3)4/h12H,6-11H2,1-5H3,(H,15,16). The number of hydrogen-bond donors (Lipinski definition) is 1. The van der Waals surface area contributed by atoms with E-state index in [4.69, 9.17) is 0 Å². The molecule has 0 unspecified atom stereocenters. The third kappa shape index (κ3) is 4.65. The van der Waals surface area contributed by atoms with Gasteiger partial charge in [-0.3, -0.25) is 4.99 Å². The second kappa shape index (κ2) is 6.78. The van der Waals surface area contributed by atoms with E-state index in [-0.39, 0.29) is 5.75 Å². The van der Waals surface area contributed by atoms with Gasteiger partial charge in [-0.05, 0) is 39.5 Å². The summed E-state index contributed by atoms with van der Waals surface area (Å²) in [6, 6.07) is 0. The fourth-order valence-corrected chi connectivity index (χ4v) is 3.14. The number of nitrogens with one attached hydrogen (secondary N) is 1. The predicted molar refractivity (Wildman–Crippen MR) is 84.9 cm³/mol. The molecule has 118 valence electrons. The fraction of sp³-hybridized carbons (Fsp3) is 0.929. The molecule has 0 atom stereocenters. The fourth-order valence-electron chi connectivity index (χ4n) is 2.16. The van der Waals surface area contributed by atoms with E-state index in [0.29, 0.717) is 6.54 Å². The van der Waals surface area contributed by atoms with Crippen molar-refractivity contribution in [3.8, 4) is 0 Å². The number of sulfone groups is 1. The second-order valence-electron chi connectivity index (χ2n) is 6.57. The maximum absolute atomic E-state index is 12.0. The van der Waals surface area contributed by atoms with Gasteiger partial charge in [-0.15, -0.1) is 0 Å². The maximum atomic E-state index is 12.0. The van der Waals surface area contributed by atoms with Gasteiger partial charge in [0.1, 0.15) is 0 Å². The summed E-state index contributed by atoms with van der Waals surface area (Å²) in [6.07, 6.45) is 2.34. The Balaban J connectivity index is 2.48. The number of piperidine rings is 1. The normalized spacial score (nSPS) is 19.2. The van der Waals surface area contributed by atoms with Crippen LogP contribution in [0.15, 0.2) is 4.99 Å². The van der Waals surface area contributed by atoms with E-state index in [2.05, 4.69) is 22.1 Å². The zero-order valence-electron chi connectivity index (χ0n) is 13.4. The zero-order chi connectivity index (χ0) is 15.4. The van der Waals surface area contributed by atoms with Crippen LogP contribution in [0.3, 0.4) is 0 Å². The molecule has 1 saturated heterocycles. The molecule has 0 aromatic heterocycles. The van der Waals surface area contributed by atoms with E-state index in [1.807, 2.05) is 0 Å². The predicted octanol–water partition coefficient (Wildman–Crippen LogP) is 1.51. The molecule has 0 aromatic rings. The summed E-state index contributed by atoms with van der Waals surface area (Å²) >= 11 is 0. The van der Waals surface area contributed by atoms with Crippen LogP contribution in [0.25, 0.3) is 0 Å². The molecular formula is C14H29N3O2S. The summed E-state index contributed by atoms with van der Waals surface area (Å²) < 4.78 is 23.4. The molecule has 1 aliphatic rings. The Morgan fingerprint density at radius 2 is 1.85 bits per heavy atom. The minimum absolute atomic E-state index is 0.139. The Kier molecular flexibility index (Phi) is 5.86. The summed E-state index contributed by atoms with van der Waals surface area (Å²) in [4.78, 5) is 6.47. The van der Waals surface area contributed by atoms with Crippen LogP contribution in [0.4, 0.5) is 0 Å². The summed E-state index contributed by atoms with van der Waals surface area (Å²) in [5.41, 5.74) is 0. The highest BCUT2D eigenvalue weighted by Crippen LogP contribution is 2.17. The molecule has 20 heavy (non-hydrogen) atoms. The molecule has 6 heteroatoms. The van der Waals surface area contributed by atoms with Gasteiger partial charge in [0, 0.05) is 26.7 Å². The highest BCUT2D eigenvalue weighted by molar-refractivity contribution is 7.92. The van der Waals surface area contributed by atoms with Crippen LogP contribution in [0, 0.1) is 5.92 Å². The minimum atomic E-state index is -3.08. The number of likely N-dealkylation sites (tertiary alicyclic amines) is 1. The van der Waals surface area contributed by atoms with Crippen molar-refractivity contribution in [1.29, 1.82) is 0 Å². The van der Waals surface area contributed by atoms with Gasteiger partial charge >= 0.3 is 0 Å². The van der Waals surface area contributed by atoms with Gasteiger partial charge in [-0.25, -0.2) is 8.42 Å². The highest BCUT2D eigenvalue weighted by Gasteiger charge is 2.28. The number of aliphatic imine (C=N–C) groups is 1. The molecule has 1 aliphatic heterocycles. The topological polar surface area (TPSA) is 61.8 Å². The lowest BCUT2D eigenvalue weighted by atomic mass is 10.00. The molecule has 0 amide bonds. The highest BCUT2D eigenvalue weighted by atomic mass is 32.2. The summed E-state index contributed by atoms with van der Waals surface area (Å²) in [5, 5.41) is 3.18. The molecular weight excluding hydrogens is 274 g/mol. The quantitative estimate of drug-likeness (QED) is 0.634. The van der Waals surface area contributed by atoms with E-state index >= 15 is 0 Å². The Morgan fingerprint density at radius 3 is 2.30 bits per heavy atom. The molecule has 1 N–H and O–H groups in total. The van der Waals surface area contributed by atoms with Gasteiger partial charge in [-0.1, -0.05) is 6.92 Å². The molecule has 0 spiro atoms. The SMILES string of the molecule is CN=C(NCCS(=O)(=O)C(C)(C)C)N1CCC(C)CC1. The average Bonchev–Trinajstić information content (AvgIpc) is 2.34. The van der Waals surface area contributed by atoms with Crippen molar-refractivity contribution in [2.75, 3.05) is 32.4 Å². The Bertz CT molecular complexity index is 430. The third-order valence-electron chi connectivity index (χ3n) is 3.88. The van der Waals surface area contributed by atoms with E-state index < -0.39 is 14.6 Å². The van der Waals surface area contributed by atoms with E-state index in [1.54, 1.807) is 27.8 Å². The number of hydrogen-bond acceptors (Lipinski definition) is 3. The van der Waals surface area contributed by atoms with Gasteiger partial charge in [0.15, 0.2) is 15.8 Å². The molecule has 0 aliphatic carbocycles. The molecule has 0 bridgehead atoms. The summed E-state index contributed by atoms with van der Waals surface area (Å²) in [5.74, 6) is 1.73. The zero-order valence-corrected chi connectivity index (χ0v) is 14.3. The lowest BCUT2D eigenvalue weighted by Gasteiger charge is -2.33. The molecule has 0 aromatic carbocycles. The van der Waals surface area contributed by atoms with Gasteiger partial charge in [0.25, 0.3) is 0 Å². The van der Waals surface area contributed by atoms with Crippen molar-refractivity contribution >= 4 is 15.8 Å². The van der Waals surface area contributed by atoms with Crippen molar-refractivity contribution < 1.29 is 8.42 Å². The van der Waals surface area contributed by atoms with Crippen molar-refractivity contribution in [1.82, 2.24) is 10.2 Å². The lowest BCUT2D eigenvalue weighted by Crippen LogP contribution is -2.47. The van der Waals surface area contributed by atoms with Crippen LogP contribution < -0.4 is 5.32 Å². The first-order valence-electron chi connectivity index (χ1n) is 7.35. The molecule has 1 fully saturated rings. The van der Waals surface area contributed by atoms with E-state index in [0.717, 1.165) is 25.0 Å². The second-order valence-corrected chi connectivity index (χ2v) is 9.44. The monoisotopic (exact) mass is 303 g/mol. The largest absolute Gasteiger partial charge is 0.355 e. The van der Waals surface area contributed by atoms with Crippen LogP contribution >= 0.6 is 0 Å². The van der Waals surface area contributed by atoms with Crippen molar-refractivity contribution in [2.45, 2.75) is 45.3 Å². The van der Waals surface area contributed by atoms with Crippen molar-refractivity contribution in [2.24, 2.45) is 10.9 Å². The van der Waals surface area contributed by atoms with Crippen LogP contribution in [0.1, 0.15) is 40.5 Å². The molecule has 1 rings (SSSR count). The van der Waals surface area contributed by atoms with Crippen LogP contribution in [0.5, 0.6) is 0 Å².